The van der Waals surface area contributed by atoms with Crippen LogP contribution in [0.25, 0.3) is 31.8 Å². The maximum Gasteiger partial charge on any atom is 0.261 e. The van der Waals surface area contributed by atoms with Crippen LogP contribution in [0, 0.1) is 6.92 Å². The predicted octanol–water partition coefficient (Wildman–Crippen LogP) is 4.41. The molecule has 0 unspecified atom stereocenters. The van der Waals surface area contributed by atoms with Gasteiger partial charge in [0.2, 0.25) is 5.91 Å². The summed E-state index contributed by atoms with van der Waals surface area (Å²) in [6.45, 7) is 2.20. The molecule has 5 rings (SSSR count). The van der Waals surface area contributed by atoms with Gasteiger partial charge >= 0.3 is 0 Å². The van der Waals surface area contributed by atoms with Crippen LogP contribution >= 0.6 is 11.3 Å². The second kappa shape index (κ2) is 8.32. The molecule has 2 aromatic carbocycles. The van der Waals surface area contributed by atoms with Crippen molar-refractivity contribution in [3.8, 4) is 10.6 Å². The highest BCUT2D eigenvalue weighted by molar-refractivity contribution is 7.21. The number of anilines is 1. The predicted molar refractivity (Wildman–Crippen MR) is 127 cm³/mol. The topological polar surface area (TPSA) is 89.8 Å². The Balaban J connectivity index is 1.33. The first-order valence-corrected chi connectivity index (χ1v) is 11.0. The molecular weight excluding hydrogens is 422 g/mol. The number of fused-ring (bicyclic) bond motifs is 2. The summed E-state index contributed by atoms with van der Waals surface area (Å²) in [6.07, 6.45) is 3.40. The van der Waals surface area contributed by atoms with E-state index in [0.717, 1.165) is 32.2 Å². The van der Waals surface area contributed by atoms with Crippen LogP contribution in [0.2, 0.25) is 0 Å². The molecule has 3 aromatic heterocycles. The van der Waals surface area contributed by atoms with Gasteiger partial charge in [-0.3, -0.25) is 14.2 Å². The number of pyridine rings is 1. The van der Waals surface area contributed by atoms with Gasteiger partial charge in [-0.25, -0.2) is 15.0 Å². The van der Waals surface area contributed by atoms with E-state index in [1.165, 1.54) is 22.2 Å². The van der Waals surface area contributed by atoms with Gasteiger partial charge in [-0.05, 0) is 42.8 Å². The van der Waals surface area contributed by atoms with Gasteiger partial charge in [0.1, 0.15) is 15.4 Å². The summed E-state index contributed by atoms with van der Waals surface area (Å²) in [7, 11) is 0. The Kier molecular flexibility index (Phi) is 5.20. The first-order valence-electron chi connectivity index (χ1n) is 10.1. The smallest absolute Gasteiger partial charge is 0.261 e. The van der Waals surface area contributed by atoms with E-state index in [1.54, 1.807) is 24.4 Å². The number of nitrogens with one attached hydrogen (secondary N) is 1. The van der Waals surface area contributed by atoms with E-state index < -0.39 is 0 Å². The number of hydrogen-bond acceptors (Lipinski definition) is 6. The third kappa shape index (κ3) is 3.88. The molecule has 0 saturated heterocycles. The molecule has 158 valence electrons. The van der Waals surface area contributed by atoms with Crippen molar-refractivity contribution >= 4 is 44.2 Å². The molecule has 5 aromatic rings. The Bertz CT molecular complexity index is 1490. The minimum atomic E-state index is -0.170. The highest BCUT2D eigenvalue weighted by atomic mass is 32.1. The number of hydrogen-bond donors (Lipinski definition) is 1. The number of thiazole rings is 1. The zero-order valence-electron chi connectivity index (χ0n) is 17.3. The fourth-order valence-corrected chi connectivity index (χ4v) is 4.39. The van der Waals surface area contributed by atoms with Crippen LogP contribution in [-0.2, 0) is 11.3 Å². The highest BCUT2D eigenvalue weighted by Gasteiger charge is 2.11. The minimum absolute atomic E-state index is 0.147. The van der Waals surface area contributed by atoms with Crippen molar-refractivity contribution in [3.63, 3.8) is 0 Å². The average Bonchev–Trinajstić information content (AvgIpc) is 3.25. The average molecular weight is 442 g/mol. The third-order valence-corrected chi connectivity index (χ3v) is 6.26. The lowest BCUT2D eigenvalue weighted by Gasteiger charge is -2.11. The first-order chi connectivity index (χ1) is 15.6. The molecule has 0 aliphatic rings. The summed E-state index contributed by atoms with van der Waals surface area (Å²) in [5.74, 6) is -0.170. The van der Waals surface area contributed by atoms with Crippen molar-refractivity contribution in [1.82, 2.24) is 19.5 Å². The largest absolute Gasteiger partial charge is 0.326 e. The monoisotopic (exact) mass is 441 g/mol. The molecule has 0 atom stereocenters. The summed E-state index contributed by atoms with van der Waals surface area (Å²) in [5.41, 5.74) is 3.95. The van der Waals surface area contributed by atoms with E-state index >= 15 is 0 Å². The van der Waals surface area contributed by atoms with Gasteiger partial charge in [-0.2, -0.15) is 0 Å². The lowest BCUT2D eigenvalue weighted by molar-refractivity contribution is -0.116. The standard InChI is InChI=1S/C24H19N5O2S/c1-15-8-9-16(22-28-19-7-4-11-25-23(19)32-22)13-20(15)27-21(30)10-12-29-14-26-18-6-3-2-5-17(18)24(29)31/h2-9,11,13-14H,10,12H2,1H3,(H,27,30). The molecule has 0 saturated carbocycles. The van der Waals surface area contributed by atoms with E-state index in [0.29, 0.717) is 10.9 Å². The van der Waals surface area contributed by atoms with Gasteiger partial charge in [0.15, 0.2) is 0 Å². The summed E-state index contributed by atoms with van der Waals surface area (Å²) in [6, 6.07) is 16.9. The molecule has 1 N–H and O–H groups in total. The van der Waals surface area contributed by atoms with Gasteiger partial charge in [0, 0.05) is 30.4 Å². The van der Waals surface area contributed by atoms with Crippen molar-refractivity contribution in [2.45, 2.75) is 19.9 Å². The Hall–Kier alpha value is -3.91. The maximum absolute atomic E-state index is 12.6. The van der Waals surface area contributed by atoms with E-state index in [2.05, 4.69) is 20.3 Å². The Morgan fingerprint density at radius 1 is 1.06 bits per heavy atom. The van der Waals surface area contributed by atoms with Crippen molar-refractivity contribution in [2.75, 3.05) is 5.32 Å². The van der Waals surface area contributed by atoms with Crippen LogP contribution < -0.4 is 10.9 Å². The molecule has 0 spiro atoms. The quantitative estimate of drug-likeness (QED) is 0.436. The van der Waals surface area contributed by atoms with Crippen molar-refractivity contribution in [2.24, 2.45) is 0 Å². The fourth-order valence-electron chi connectivity index (χ4n) is 3.48. The molecule has 3 heterocycles. The van der Waals surface area contributed by atoms with Crippen LogP contribution in [-0.4, -0.2) is 25.4 Å². The van der Waals surface area contributed by atoms with E-state index in [1.807, 2.05) is 43.3 Å². The second-order valence-corrected chi connectivity index (χ2v) is 8.41. The SMILES string of the molecule is Cc1ccc(-c2nc3cccnc3s2)cc1NC(=O)CCn1cnc2ccccc2c1=O. The van der Waals surface area contributed by atoms with Crippen molar-refractivity contribution in [1.29, 1.82) is 0 Å². The molecule has 0 aliphatic carbocycles. The summed E-state index contributed by atoms with van der Waals surface area (Å²) in [5, 5.41) is 4.36. The molecule has 0 radical (unpaired) electrons. The third-order valence-electron chi connectivity index (χ3n) is 5.24. The summed E-state index contributed by atoms with van der Waals surface area (Å²) < 4.78 is 1.47. The zero-order chi connectivity index (χ0) is 22.1. The number of para-hydroxylation sites is 1. The first kappa shape index (κ1) is 20.0. The lowest BCUT2D eigenvalue weighted by Crippen LogP contribution is -2.23. The van der Waals surface area contributed by atoms with Gasteiger partial charge < -0.3 is 5.32 Å². The number of aryl methyl sites for hydroxylation is 2. The van der Waals surface area contributed by atoms with Crippen molar-refractivity contribution in [3.05, 3.63) is 83.0 Å². The molecule has 7 nitrogen and oxygen atoms in total. The van der Waals surface area contributed by atoms with Crippen LogP contribution in [0.3, 0.4) is 0 Å². The second-order valence-electron chi connectivity index (χ2n) is 7.43. The lowest BCUT2D eigenvalue weighted by atomic mass is 10.1. The Labute approximate surface area is 187 Å². The molecule has 0 fully saturated rings. The zero-order valence-corrected chi connectivity index (χ0v) is 18.1. The van der Waals surface area contributed by atoms with Crippen LogP contribution in [0.1, 0.15) is 12.0 Å². The number of carbonyl (C=O) groups excluding carboxylic acids is 1. The molecule has 8 heteroatoms. The summed E-state index contributed by atoms with van der Waals surface area (Å²) >= 11 is 1.51. The van der Waals surface area contributed by atoms with E-state index in [9.17, 15) is 9.59 Å². The molecular formula is C24H19N5O2S. The van der Waals surface area contributed by atoms with Gasteiger partial charge in [0.05, 0.1) is 17.2 Å². The van der Waals surface area contributed by atoms with Gasteiger partial charge in [0.25, 0.3) is 5.56 Å². The molecule has 32 heavy (non-hydrogen) atoms. The molecule has 0 aliphatic heterocycles. The number of nitrogens with zero attached hydrogens (tertiary/aromatic N) is 4. The highest BCUT2D eigenvalue weighted by Crippen LogP contribution is 2.31. The maximum atomic E-state index is 12.6. The normalized spacial score (nSPS) is 11.2. The van der Waals surface area contributed by atoms with E-state index in [4.69, 9.17) is 0 Å². The van der Waals surface area contributed by atoms with Gasteiger partial charge in [-0.1, -0.05) is 35.6 Å². The number of rotatable bonds is 5. The summed E-state index contributed by atoms with van der Waals surface area (Å²) in [4.78, 5) is 39.4. The van der Waals surface area contributed by atoms with Crippen LogP contribution in [0.15, 0.2) is 71.9 Å². The fraction of sp³-hybridized carbons (Fsp3) is 0.125. The number of benzene rings is 2. The number of carbonyl (C=O) groups is 1. The number of amides is 1. The molecule has 0 bridgehead atoms. The van der Waals surface area contributed by atoms with Crippen molar-refractivity contribution < 1.29 is 4.79 Å². The van der Waals surface area contributed by atoms with Crippen LogP contribution in [0.4, 0.5) is 5.69 Å². The number of aromatic nitrogens is 4. The van der Waals surface area contributed by atoms with Gasteiger partial charge in [-0.15, -0.1) is 0 Å². The Morgan fingerprint density at radius 3 is 2.78 bits per heavy atom. The molecule has 1 amide bonds. The minimum Gasteiger partial charge on any atom is -0.326 e. The Morgan fingerprint density at radius 2 is 1.91 bits per heavy atom. The van der Waals surface area contributed by atoms with E-state index in [-0.39, 0.29) is 24.4 Å². The van der Waals surface area contributed by atoms with Crippen LogP contribution in [0.5, 0.6) is 0 Å².